The van der Waals surface area contributed by atoms with Gasteiger partial charge in [0.1, 0.15) is 48.8 Å². The van der Waals surface area contributed by atoms with E-state index in [-0.39, 0.29) is 5.92 Å². The van der Waals surface area contributed by atoms with Gasteiger partial charge in [-0.1, -0.05) is 98.3 Å². The van der Waals surface area contributed by atoms with Crippen LogP contribution in [0.15, 0.2) is 0 Å². The van der Waals surface area contributed by atoms with E-state index in [1.807, 2.05) is 6.92 Å². The van der Waals surface area contributed by atoms with Gasteiger partial charge >= 0.3 is 0 Å². The van der Waals surface area contributed by atoms with Crippen LogP contribution in [-0.4, -0.2) is 158 Å². The van der Waals surface area contributed by atoms with Crippen LogP contribution in [0.5, 0.6) is 0 Å². The Morgan fingerprint density at radius 1 is 0.704 bits per heavy atom. The van der Waals surface area contributed by atoms with Crippen LogP contribution in [0.2, 0.25) is 0 Å². The SMILES string of the molecule is CCCCCCCCCCCCCC(C)C(C)(C)C(=O)[C@]1(CO)O[C@H](OC2[C@@H](CO)O[C@@H](OC3[C@@H](CO)O[C@@H](O)[C@H](N)[C@H]3O)[C@H](N)[C@H]2O)[C@H](N)[C@@H](O)[C@@H]1O. The average Bonchev–Trinajstić information content (AvgIpc) is 3.16. The maximum atomic E-state index is 14.3. The molecule has 14 N–H and O–H groups in total. The largest absolute Gasteiger partial charge is 0.394 e. The maximum absolute atomic E-state index is 14.3. The Labute approximate surface area is 319 Å². The predicted octanol–water partition coefficient (Wildman–Crippen LogP) is -1.37. The van der Waals surface area contributed by atoms with Crippen LogP contribution in [-0.2, 0) is 28.5 Å². The summed E-state index contributed by atoms with van der Waals surface area (Å²) in [6.45, 7) is 5.05. The topological polar surface area (TPSA) is 303 Å². The molecule has 3 aliphatic heterocycles. The third-order valence-corrected chi connectivity index (χ3v) is 11.9. The number of rotatable bonds is 22. The molecule has 3 heterocycles. The summed E-state index contributed by atoms with van der Waals surface area (Å²) in [4.78, 5) is 14.3. The Morgan fingerprint density at radius 3 is 1.69 bits per heavy atom. The van der Waals surface area contributed by atoms with Crippen LogP contribution in [0.25, 0.3) is 0 Å². The lowest BCUT2D eigenvalue weighted by molar-refractivity contribution is -0.356. The van der Waals surface area contributed by atoms with E-state index in [0.717, 1.165) is 25.7 Å². The van der Waals surface area contributed by atoms with Crippen molar-refractivity contribution < 1.29 is 69.3 Å². The van der Waals surface area contributed by atoms with Gasteiger partial charge in [0.15, 0.2) is 30.3 Å². The molecule has 318 valence electrons. The molecule has 16 atom stereocenters. The average molecular weight is 782 g/mol. The van der Waals surface area contributed by atoms with Crippen LogP contribution in [0, 0.1) is 11.3 Å². The molecule has 54 heavy (non-hydrogen) atoms. The number of hydrogen-bond donors (Lipinski definition) is 11. The number of Topliss-reactive ketones (excluding diaryl/α,β-unsaturated/α-hetero) is 1. The van der Waals surface area contributed by atoms with Gasteiger partial charge in [-0.15, -0.1) is 0 Å². The molecule has 0 radical (unpaired) electrons. The summed E-state index contributed by atoms with van der Waals surface area (Å²) in [6.07, 6.45) is -3.59. The third-order valence-electron chi connectivity index (χ3n) is 11.9. The molecule has 3 fully saturated rings. The lowest BCUT2D eigenvalue weighted by atomic mass is 9.66. The summed E-state index contributed by atoms with van der Waals surface area (Å²) < 4.78 is 28.8. The number of carbonyl (C=O) groups excluding carboxylic acids is 1. The second-order valence-corrected chi connectivity index (χ2v) is 16.1. The van der Waals surface area contributed by atoms with E-state index in [9.17, 15) is 45.6 Å². The number of ether oxygens (including phenoxy) is 5. The number of hydrogen-bond acceptors (Lipinski definition) is 17. The van der Waals surface area contributed by atoms with Gasteiger partial charge in [-0.2, -0.15) is 0 Å². The van der Waals surface area contributed by atoms with Crippen molar-refractivity contribution in [1.82, 2.24) is 0 Å². The van der Waals surface area contributed by atoms with Crippen LogP contribution in [0.3, 0.4) is 0 Å². The standard InChI is InChI=1S/C37H71N3O14/c1-5-6-7-8-9-10-11-12-13-14-15-16-20(2)36(3,4)35(49)37(19-43)31(47)28(46)25(40)34(54-37)53-30-22(18-42)51-33(24(39)27(30)45)52-29-21(17-41)50-32(48)23(38)26(29)44/h20-34,41-48H,5-19,38-40H2,1-4H3/t20?,21-,22-,23-,24-,25-,26-,27-,28-,29?,30?,31+,32-,33+,34+,37-/m1/s1. The van der Waals surface area contributed by atoms with Gasteiger partial charge in [-0.05, 0) is 12.3 Å². The first-order valence-electron chi connectivity index (χ1n) is 19.9. The normalized spacial score (nSPS) is 39.8. The lowest BCUT2D eigenvalue weighted by Crippen LogP contribution is -2.74. The second kappa shape index (κ2) is 21.7. The number of nitrogens with two attached hydrogens (primary N) is 3. The number of ketones is 1. The molecule has 0 aliphatic carbocycles. The number of aliphatic hydroxyl groups excluding tert-OH is 8. The zero-order valence-electron chi connectivity index (χ0n) is 32.5. The first kappa shape index (κ1) is 47.4. The molecule has 17 nitrogen and oxygen atoms in total. The molecule has 0 aromatic rings. The summed E-state index contributed by atoms with van der Waals surface area (Å²) in [5.74, 6) is -0.868. The fourth-order valence-electron chi connectivity index (χ4n) is 7.71. The summed E-state index contributed by atoms with van der Waals surface area (Å²) in [5.41, 5.74) is 14.8. The van der Waals surface area contributed by atoms with Crippen molar-refractivity contribution in [3.8, 4) is 0 Å². The molecule has 3 rings (SSSR count). The fourth-order valence-corrected chi connectivity index (χ4v) is 7.71. The molecule has 3 aliphatic rings. The Bertz CT molecular complexity index is 1110. The Balaban J connectivity index is 1.67. The summed E-state index contributed by atoms with van der Waals surface area (Å²) in [7, 11) is 0. The third kappa shape index (κ3) is 10.9. The summed E-state index contributed by atoms with van der Waals surface area (Å²) in [5, 5.41) is 84.9. The van der Waals surface area contributed by atoms with Crippen molar-refractivity contribution in [2.75, 3.05) is 19.8 Å². The molecule has 0 amide bonds. The molecule has 3 unspecified atom stereocenters. The molecule has 0 aromatic carbocycles. The summed E-state index contributed by atoms with van der Waals surface area (Å²) in [6, 6.07) is -4.23. The molecule has 0 saturated carbocycles. The van der Waals surface area contributed by atoms with E-state index in [0.29, 0.717) is 6.42 Å². The van der Waals surface area contributed by atoms with Gasteiger partial charge in [0.2, 0.25) is 0 Å². The van der Waals surface area contributed by atoms with E-state index in [1.54, 1.807) is 13.8 Å². The van der Waals surface area contributed by atoms with Gasteiger partial charge in [-0.25, -0.2) is 0 Å². The van der Waals surface area contributed by atoms with Gasteiger partial charge in [-0.3, -0.25) is 4.79 Å². The van der Waals surface area contributed by atoms with Crippen LogP contribution < -0.4 is 17.2 Å². The second-order valence-electron chi connectivity index (χ2n) is 16.1. The first-order valence-corrected chi connectivity index (χ1v) is 19.9. The molecule has 17 heteroatoms. The molecule has 3 saturated heterocycles. The Morgan fingerprint density at radius 2 is 1.17 bits per heavy atom. The van der Waals surface area contributed by atoms with Gasteiger partial charge in [0.25, 0.3) is 0 Å². The predicted molar refractivity (Wildman–Crippen MR) is 195 cm³/mol. The molecule has 0 aromatic heterocycles. The van der Waals surface area contributed by atoms with E-state index in [4.69, 9.17) is 40.9 Å². The molecular formula is C37H71N3O14. The van der Waals surface area contributed by atoms with Crippen molar-refractivity contribution in [2.45, 2.75) is 196 Å². The molecule has 0 bridgehead atoms. The highest BCUT2D eigenvalue weighted by atomic mass is 16.7. The quantitative estimate of drug-likeness (QED) is 0.0565. The smallest absolute Gasteiger partial charge is 0.181 e. The number of unbranched alkanes of at least 4 members (excludes halogenated alkanes) is 10. The minimum Gasteiger partial charge on any atom is -0.394 e. The highest BCUT2D eigenvalue weighted by Gasteiger charge is 2.62. The van der Waals surface area contributed by atoms with Crippen molar-refractivity contribution in [1.29, 1.82) is 0 Å². The maximum Gasteiger partial charge on any atom is 0.181 e. The minimum absolute atomic E-state index is 0.200. The Hall–Kier alpha value is -0.970. The first-order chi connectivity index (χ1) is 25.5. The van der Waals surface area contributed by atoms with Crippen molar-refractivity contribution in [3.05, 3.63) is 0 Å². The van der Waals surface area contributed by atoms with Gasteiger partial charge < -0.3 is 81.7 Å². The monoisotopic (exact) mass is 781 g/mol. The minimum atomic E-state index is -2.36. The zero-order valence-corrected chi connectivity index (χ0v) is 32.5. The van der Waals surface area contributed by atoms with Crippen molar-refractivity contribution >= 4 is 5.78 Å². The number of aliphatic hydroxyl groups is 8. The summed E-state index contributed by atoms with van der Waals surface area (Å²) >= 11 is 0. The molecule has 0 spiro atoms. The van der Waals surface area contributed by atoms with E-state index < -0.39 is 122 Å². The highest BCUT2D eigenvalue weighted by molar-refractivity contribution is 5.93. The van der Waals surface area contributed by atoms with Gasteiger partial charge in [0, 0.05) is 5.41 Å². The number of carbonyl (C=O) groups is 1. The van der Waals surface area contributed by atoms with Crippen LogP contribution >= 0.6 is 0 Å². The van der Waals surface area contributed by atoms with Crippen LogP contribution in [0.1, 0.15) is 105 Å². The zero-order chi connectivity index (χ0) is 40.4. The van der Waals surface area contributed by atoms with Crippen molar-refractivity contribution in [3.63, 3.8) is 0 Å². The van der Waals surface area contributed by atoms with E-state index in [1.165, 1.54) is 44.9 Å². The van der Waals surface area contributed by atoms with Gasteiger partial charge in [0.05, 0.1) is 37.9 Å². The highest BCUT2D eigenvalue weighted by Crippen LogP contribution is 2.42. The van der Waals surface area contributed by atoms with Crippen LogP contribution in [0.4, 0.5) is 0 Å². The fraction of sp³-hybridized carbons (Fsp3) is 0.973. The van der Waals surface area contributed by atoms with Crippen molar-refractivity contribution in [2.24, 2.45) is 28.5 Å². The Kier molecular flexibility index (Phi) is 19.0. The van der Waals surface area contributed by atoms with E-state index in [2.05, 4.69) is 6.92 Å². The lowest BCUT2D eigenvalue weighted by Gasteiger charge is -2.52. The van der Waals surface area contributed by atoms with E-state index >= 15 is 0 Å². The molecular weight excluding hydrogens is 710 g/mol.